The van der Waals surface area contributed by atoms with Crippen LogP contribution in [0.2, 0.25) is 5.02 Å². The Morgan fingerprint density at radius 2 is 1.95 bits per heavy atom. The van der Waals surface area contributed by atoms with E-state index in [9.17, 15) is 14.0 Å². The molecule has 0 saturated heterocycles. The largest absolute Gasteiger partial charge is 0.480 e. The van der Waals surface area contributed by atoms with Crippen LogP contribution >= 0.6 is 11.6 Å². The van der Waals surface area contributed by atoms with Gasteiger partial charge in [0.25, 0.3) is 0 Å². The van der Waals surface area contributed by atoms with Crippen molar-refractivity contribution in [3.8, 4) is 0 Å². The van der Waals surface area contributed by atoms with Gasteiger partial charge in [-0.3, -0.25) is 9.59 Å². The molecule has 0 atom stereocenters. The first-order valence-electron chi connectivity index (χ1n) is 6.08. The SMILES string of the molecule is CC(C)(C)N(CC(=O)O)C(=O)Cc1c(F)cccc1Cl. The number of carboxylic acids is 1. The van der Waals surface area contributed by atoms with Gasteiger partial charge in [-0.1, -0.05) is 17.7 Å². The van der Waals surface area contributed by atoms with Crippen molar-refractivity contribution in [1.29, 1.82) is 0 Å². The molecular formula is C14H17ClFNO3. The summed E-state index contributed by atoms with van der Waals surface area (Å²) in [5.74, 6) is -2.17. The van der Waals surface area contributed by atoms with E-state index < -0.39 is 29.8 Å². The van der Waals surface area contributed by atoms with Crippen LogP contribution in [0.15, 0.2) is 18.2 Å². The van der Waals surface area contributed by atoms with Crippen molar-refractivity contribution < 1.29 is 19.1 Å². The van der Waals surface area contributed by atoms with Crippen LogP contribution in [-0.2, 0) is 16.0 Å². The van der Waals surface area contributed by atoms with Gasteiger partial charge < -0.3 is 10.0 Å². The first-order valence-corrected chi connectivity index (χ1v) is 6.46. The number of nitrogens with zero attached hydrogens (tertiary/aromatic N) is 1. The molecule has 110 valence electrons. The van der Waals surface area contributed by atoms with Gasteiger partial charge in [0.1, 0.15) is 12.4 Å². The zero-order valence-corrected chi connectivity index (χ0v) is 12.4. The average Bonchev–Trinajstić information content (AvgIpc) is 2.29. The van der Waals surface area contributed by atoms with Crippen LogP contribution < -0.4 is 0 Å². The van der Waals surface area contributed by atoms with Gasteiger partial charge in [0.15, 0.2) is 0 Å². The molecule has 1 rings (SSSR count). The van der Waals surface area contributed by atoms with Gasteiger partial charge in [0.05, 0.1) is 6.42 Å². The summed E-state index contributed by atoms with van der Waals surface area (Å²) in [6.45, 7) is 4.72. The molecule has 1 amide bonds. The molecule has 0 aromatic heterocycles. The third kappa shape index (κ3) is 4.20. The van der Waals surface area contributed by atoms with Crippen LogP contribution in [0.3, 0.4) is 0 Å². The quantitative estimate of drug-likeness (QED) is 0.930. The minimum Gasteiger partial charge on any atom is -0.480 e. The highest BCUT2D eigenvalue weighted by atomic mass is 35.5. The third-order valence-corrected chi connectivity index (χ3v) is 3.15. The summed E-state index contributed by atoms with van der Waals surface area (Å²) in [6, 6.07) is 4.16. The van der Waals surface area contributed by atoms with Crippen LogP contribution in [0, 0.1) is 5.82 Å². The third-order valence-electron chi connectivity index (χ3n) is 2.79. The average molecular weight is 302 g/mol. The Kier molecular flexibility index (Phi) is 5.11. The van der Waals surface area contributed by atoms with Crippen LogP contribution in [0.4, 0.5) is 4.39 Å². The summed E-state index contributed by atoms with van der Waals surface area (Å²) in [5.41, 5.74) is -0.591. The summed E-state index contributed by atoms with van der Waals surface area (Å²) in [4.78, 5) is 24.3. The zero-order valence-electron chi connectivity index (χ0n) is 11.6. The summed E-state index contributed by atoms with van der Waals surface area (Å²) in [6.07, 6.45) is -0.268. The maximum Gasteiger partial charge on any atom is 0.323 e. The highest BCUT2D eigenvalue weighted by molar-refractivity contribution is 6.31. The summed E-state index contributed by atoms with van der Waals surface area (Å²) >= 11 is 5.87. The standard InChI is InChI=1S/C14H17ClFNO3/c1-14(2,3)17(8-13(19)20)12(18)7-9-10(15)5-4-6-11(9)16/h4-6H,7-8H2,1-3H3,(H,19,20). The fourth-order valence-corrected chi connectivity index (χ4v) is 2.01. The predicted octanol–water partition coefficient (Wildman–Crippen LogP) is 2.73. The fraction of sp³-hybridized carbons (Fsp3) is 0.429. The minimum atomic E-state index is -1.12. The van der Waals surface area contributed by atoms with Gasteiger partial charge in [-0.15, -0.1) is 0 Å². The van der Waals surface area contributed by atoms with E-state index in [1.165, 1.54) is 23.1 Å². The van der Waals surface area contributed by atoms with Crippen molar-refractivity contribution in [3.05, 3.63) is 34.6 Å². The number of carbonyl (C=O) groups is 2. The van der Waals surface area contributed by atoms with Gasteiger partial charge in [0, 0.05) is 16.1 Å². The Morgan fingerprint density at radius 3 is 2.40 bits per heavy atom. The fourth-order valence-electron chi connectivity index (χ4n) is 1.78. The monoisotopic (exact) mass is 301 g/mol. The molecule has 1 N–H and O–H groups in total. The van der Waals surface area contributed by atoms with Gasteiger partial charge in [-0.05, 0) is 32.9 Å². The molecule has 1 aromatic carbocycles. The maximum absolute atomic E-state index is 13.7. The topological polar surface area (TPSA) is 57.6 Å². The van der Waals surface area contributed by atoms with Gasteiger partial charge in [0.2, 0.25) is 5.91 Å². The Bertz CT molecular complexity index is 505. The lowest BCUT2D eigenvalue weighted by atomic mass is 10.0. The lowest BCUT2D eigenvalue weighted by Gasteiger charge is -2.34. The first-order chi connectivity index (χ1) is 9.12. The first kappa shape index (κ1) is 16.4. The molecule has 4 nitrogen and oxygen atoms in total. The Hall–Kier alpha value is -1.62. The Labute approximate surface area is 122 Å². The number of benzene rings is 1. The Balaban J connectivity index is 3.00. The highest BCUT2D eigenvalue weighted by Crippen LogP contribution is 2.22. The number of aliphatic carboxylic acids is 1. The number of carbonyl (C=O) groups excluding carboxylic acids is 1. The molecule has 0 spiro atoms. The predicted molar refractivity (Wildman–Crippen MR) is 74.2 cm³/mol. The zero-order chi connectivity index (χ0) is 15.5. The Morgan fingerprint density at radius 1 is 1.35 bits per heavy atom. The lowest BCUT2D eigenvalue weighted by molar-refractivity contribution is -0.147. The van der Waals surface area contributed by atoms with Gasteiger partial charge in [-0.2, -0.15) is 0 Å². The van der Waals surface area contributed by atoms with E-state index in [-0.39, 0.29) is 17.0 Å². The van der Waals surface area contributed by atoms with Gasteiger partial charge >= 0.3 is 5.97 Å². The molecule has 6 heteroatoms. The van der Waals surface area contributed by atoms with E-state index in [4.69, 9.17) is 16.7 Å². The molecule has 0 aliphatic carbocycles. The highest BCUT2D eigenvalue weighted by Gasteiger charge is 2.29. The molecule has 0 radical (unpaired) electrons. The van der Waals surface area contributed by atoms with E-state index in [1.807, 2.05) is 0 Å². The number of carboxylic acid groups (broad SMARTS) is 1. The molecule has 0 fully saturated rings. The molecule has 0 bridgehead atoms. The second-order valence-electron chi connectivity index (χ2n) is 5.42. The number of amides is 1. The smallest absolute Gasteiger partial charge is 0.323 e. The van der Waals surface area contributed by atoms with E-state index in [0.717, 1.165) is 0 Å². The maximum atomic E-state index is 13.7. The van der Waals surface area contributed by atoms with Crippen LogP contribution in [0.1, 0.15) is 26.3 Å². The van der Waals surface area contributed by atoms with Crippen LogP contribution in [0.5, 0.6) is 0 Å². The second kappa shape index (κ2) is 6.22. The summed E-state index contributed by atoms with van der Waals surface area (Å²) in [5, 5.41) is 9.03. The minimum absolute atomic E-state index is 0.0822. The van der Waals surface area contributed by atoms with Crippen LogP contribution in [0.25, 0.3) is 0 Å². The van der Waals surface area contributed by atoms with E-state index in [1.54, 1.807) is 20.8 Å². The van der Waals surface area contributed by atoms with Crippen molar-refractivity contribution >= 4 is 23.5 Å². The molecule has 0 aliphatic heterocycles. The van der Waals surface area contributed by atoms with E-state index >= 15 is 0 Å². The molecule has 0 unspecified atom stereocenters. The van der Waals surface area contributed by atoms with E-state index in [0.29, 0.717) is 0 Å². The van der Waals surface area contributed by atoms with Gasteiger partial charge in [-0.25, -0.2) is 4.39 Å². The van der Waals surface area contributed by atoms with Crippen molar-refractivity contribution in [2.45, 2.75) is 32.7 Å². The molecule has 0 heterocycles. The van der Waals surface area contributed by atoms with Crippen LogP contribution in [-0.4, -0.2) is 34.0 Å². The van der Waals surface area contributed by atoms with Crippen molar-refractivity contribution in [3.63, 3.8) is 0 Å². The molecule has 1 aromatic rings. The van der Waals surface area contributed by atoms with Crippen molar-refractivity contribution in [1.82, 2.24) is 4.90 Å². The summed E-state index contributed by atoms with van der Waals surface area (Å²) < 4.78 is 13.7. The number of hydrogen-bond acceptors (Lipinski definition) is 2. The molecule has 20 heavy (non-hydrogen) atoms. The second-order valence-corrected chi connectivity index (χ2v) is 5.83. The number of hydrogen-bond donors (Lipinski definition) is 1. The normalized spacial score (nSPS) is 11.2. The number of halogens is 2. The number of rotatable bonds is 4. The van der Waals surface area contributed by atoms with E-state index in [2.05, 4.69) is 0 Å². The molecule has 0 aliphatic rings. The summed E-state index contributed by atoms with van der Waals surface area (Å²) in [7, 11) is 0. The lowest BCUT2D eigenvalue weighted by Crippen LogP contribution is -2.49. The molecule has 0 saturated carbocycles. The van der Waals surface area contributed by atoms with Crippen molar-refractivity contribution in [2.75, 3.05) is 6.54 Å². The molecular weight excluding hydrogens is 285 g/mol. The van der Waals surface area contributed by atoms with Crippen molar-refractivity contribution in [2.24, 2.45) is 0 Å².